The van der Waals surface area contributed by atoms with Gasteiger partial charge in [-0.1, -0.05) is 0 Å². The summed E-state index contributed by atoms with van der Waals surface area (Å²) in [5, 5.41) is 1.17. The van der Waals surface area contributed by atoms with Crippen LogP contribution in [0.3, 0.4) is 0 Å². The number of aromatic nitrogens is 2. The third-order valence-electron chi connectivity index (χ3n) is 2.01. The fraction of sp³-hybridized carbons (Fsp3) is 0.300. The lowest BCUT2D eigenvalue weighted by Crippen LogP contribution is -2.21. The second-order valence-electron chi connectivity index (χ2n) is 3.36. The second-order valence-corrected chi connectivity index (χ2v) is 3.36. The molecule has 3 nitrogen and oxygen atoms in total. The first-order valence-corrected chi connectivity index (χ1v) is 4.43. The van der Waals surface area contributed by atoms with Gasteiger partial charge in [0.25, 0.3) is 0 Å². The molecule has 0 fully saturated rings. The predicted octanol–water partition coefficient (Wildman–Crippen LogP) is 1.38. The van der Waals surface area contributed by atoms with Crippen LogP contribution in [0.5, 0.6) is 0 Å². The Bertz CT molecular complexity index is 403. The summed E-state index contributed by atoms with van der Waals surface area (Å²) in [6, 6.07) is 6.22. The van der Waals surface area contributed by atoms with E-state index in [4.69, 9.17) is 5.73 Å². The monoisotopic (exact) mass is 175 g/mol. The van der Waals surface area contributed by atoms with Gasteiger partial charge in [-0.15, -0.1) is 0 Å². The van der Waals surface area contributed by atoms with E-state index in [1.807, 2.05) is 19.2 Å². The normalized spacial score (nSPS) is 13.4. The second kappa shape index (κ2) is 3.18. The van der Waals surface area contributed by atoms with E-state index in [9.17, 15) is 0 Å². The van der Waals surface area contributed by atoms with Crippen molar-refractivity contribution in [2.45, 2.75) is 19.5 Å². The number of fused-ring (bicyclic) bond motifs is 1. The third-order valence-corrected chi connectivity index (χ3v) is 2.01. The number of rotatable bonds is 2. The molecule has 0 spiro atoms. The molecule has 0 unspecified atom stereocenters. The molecule has 0 aliphatic carbocycles. The number of pyridine rings is 1. The smallest absolute Gasteiger partial charge is 0.139 e. The van der Waals surface area contributed by atoms with Crippen LogP contribution in [0.1, 0.15) is 6.92 Å². The third kappa shape index (κ3) is 1.55. The fourth-order valence-corrected chi connectivity index (χ4v) is 1.48. The quantitative estimate of drug-likeness (QED) is 0.749. The van der Waals surface area contributed by atoms with Crippen molar-refractivity contribution in [3.63, 3.8) is 0 Å². The highest BCUT2D eigenvalue weighted by molar-refractivity contribution is 5.75. The summed E-state index contributed by atoms with van der Waals surface area (Å²) in [5.74, 6) is 0. The van der Waals surface area contributed by atoms with Gasteiger partial charge in [0.15, 0.2) is 0 Å². The van der Waals surface area contributed by atoms with Gasteiger partial charge in [0.1, 0.15) is 5.65 Å². The van der Waals surface area contributed by atoms with Crippen LogP contribution in [0.2, 0.25) is 0 Å². The first-order chi connectivity index (χ1) is 6.27. The molecule has 0 amide bonds. The van der Waals surface area contributed by atoms with E-state index in [0.29, 0.717) is 0 Å². The minimum atomic E-state index is 0.164. The summed E-state index contributed by atoms with van der Waals surface area (Å²) in [6.45, 7) is 2.81. The summed E-state index contributed by atoms with van der Waals surface area (Å²) < 4.78 is 2.08. The molecule has 0 radical (unpaired) electrons. The molecule has 2 aromatic rings. The molecule has 0 aliphatic heterocycles. The van der Waals surface area contributed by atoms with Gasteiger partial charge >= 0.3 is 0 Å². The molecule has 2 rings (SSSR count). The highest BCUT2D eigenvalue weighted by atomic mass is 15.0. The molecule has 0 bridgehead atoms. The van der Waals surface area contributed by atoms with Crippen LogP contribution in [0, 0.1) is 0 Å². The Morgan fingerprint density at radius 3 is 3.15 bits per heavy atom. The number of nitrogens with two attached hydrogens (primary N) is 1. The molecule has 0 aliphatic rings. The van der Waals surface area contributed by atoms with E-state index in [2.05, 4.69) is 21.7 Å². The maximum absolute atomic E-state index is 5.73. The molecule has 0 saturated carbocycles. The maximum atomic E-state index is 5.73. The summed E-state index contributed by atoms with van der Waals surface area (Å²) >= 11 is 0. The molecule has 2 N–H and O–H groups in total. The summed E-state index contributed by atoms with van der Waals surface area (Å²) in [4.78, 5) is 4.30. The molecular formula is C10H13N3. The van der Waals surface area contributed by atoms with Crippen LogP contribution < -0.4 is 5.73 Å². The van der Waals surface area contributed by atoms with Gasteiger partial charge in [-0.25, -0.2) is 4.98 Å². The Kier molecular flexibility index (Phi) is 2.02. The fourth-order valence-electron chi connectivity index (χ4n) is 1.48. The molecule has 2 aromatic heterocycles. The van der Waals surface area contributed by atoms with Crippen LogP contribution in [-0.2, 0) is 6.54 Å². The molecule has 0 aromatic carbocycles. The minimum Gasteiger partial charge on any atom is -0.331 e. The van der Waals surface area contributed by atoms with Crippen molar-refractivity contribution in [2.75, 3.05) is 0 Å². The zero-order chi connectivity index (χ0) is 9.26. The molecular weight excluding hydrogens is 162 g/mol. The van der Waals surface area contributed by atoms with Crippen LogP contribution >= 0.6 is 0 Å². The average molecular weight is 175 g/mol. The Morgan fingerprint density at radius 1 is 1.54 bits per heavy atom. The number of hydrogen-bond donors (Lipinski definition) is 1. The Hall–Kier alpha value is -1.35. The lowest BCUT2D eigenvalue weighted by Gasteiger charge is -2.06. The van der Waals surface area contributed by atoms with Gasteiger partial charge in [-0.05, 0) is 25.1 Å². The van der Waals surface area contributed by atoms with Crippen molar-refractivity contribution in [1.82, 2.24) is 9.55 Å². The predicted molar refractivity (Wildman–Crippen MR) is 53.4 cm³/mol. The van der Waals surface area contributed by atoms with Crippen LogP contribution in [0.25, 0.3) is 11.0 Å². The van der Waals surface area contributed by atoms with Crippen molar-refractivity contribution in [2.24, 2.45) is 5.73 Å². The zero-order valence-electron chi connectivity index (χ0n) is 7.64. The Balaban J connectivity index is 2.46. The zero-order valence-corrected chi connectivity index (χ0v) is 7.64. The van der Waals surface area contributed by atoms with Crippen molar-refractivity contribution >= 4 is 11.0 Å². The average Bonchev–Trinajstić information content (AvgIpc) is 2.48. The van der Waals surface area contributed by atoms with Gasteiger partial charge in [-0.2, -0.15) is 0 Å². The topological polar surface area (TPSA) is 43.8 Å². The van der Waals surface area contributed by atoms with Gasteiger partial charge in [0, 0.05) is 30.4 Å². The van der Waals surface area contributed by atoms with E-state index in [1.165, 1.54) is 5.39 Å². The van der Waals surface area contributed by atoms with E-state index >= 15 is 0 Å². The lowest BCUT2D eigenvalue weighted by molar-refractivity contribution is 0.602. The summed E-state index contributed by atoms with van der Waals surface area (Å²) in [7, 11) is 0. The van der Waals surface area contributed by atoms with E-state index in [1.54, 1.807) is 6.20 Å². The molecule has 0 saturated heterocycles. The highest BCUT2D eigenvalue weighted by Crippen LogP contribution is 2.12. The maximum Gasteiger partial charge on any atom is 0.139 e. The minimum absolute atomic E-state index is 0.164. The summed E-state index contributed by atoms with van der Waals surface area (Å²) in [6.07, 6.45) is 3.83. The SMILES string of the molecule is C[C@@H](N)Cn1ccc2cccnc21. The van der Waals surface area contributed by atoms with E-state index in [-0.39, 0.29) is 6.04 Å². The largest absolute Gasteiger partial charge is 0.331 e. The van der Waals surface area contributed by atoms with Crippen molar-refractivity contribution < 1.29 is 0 Å². The first kappa shape index (κ1) is 8.26. The Labute approximate surface area is 77.2 Å². The molecule has 68 valence electrons. The molecule has 3 heteroatoms. The van der Waals surface area contributed by atoms with Crippen LogP contribution in [0.4, 0.5) is 0 Å². The van der Waals surface area contributed by atoms with E-state index in [0.717, 1.165) is 12.2 Å². The van der Waals surface area contributed by atoms with Gasteiger partial charge < -0.3 is 10.3 Å². The summed E-state index contributed by atoms with van der Waals surface area (Å²) in [5.41, 5.74) is 6.74. The van der Waals surface area contributed by atoms with Crippen LogP contribution in [-0.4, -0.2) is 15.6 Å². The van der Waals surface area contributed by atoms with Gasteiger partial charge in [0.05, 0.1) is 0 Å². The number of hydrogen-bond acceptors (Lipinski definition) is 2. The van der Waals surface area contributed by atoms with Crippen molar-refractivity contribution in [1.29, 1.82) is 0 Å². The van der Waals surface area contributed by atoms with Gasteiger partial charge in [0.2, 0.25) is 0 Å². The van der Waals surface area contributed by atoms with Gasteiger partial charge in [-0.3, -0.25) is 0 Å². The molecule has 2 heterocycles. The Morgan fingerprint density at radius 2 is 2.38 bits per heavy atom. The lowest BCUT2D eigenvalue weighted by atomic mass is 10.3. The van der Waals surface area contributed by atoms with Crippen LogP contribution in [0.15, 0.2) is 30.6 Å². The highest BCUT2D eigenvalue weighted by Gasteiger charge is 2.02. The van der Waals surface area contributed by atoms with Crippen molar-refractivity contribution in [3.05, 3.63) is 30.6 Å². The first-order valence-electron chi connectivity index (χ1n) is 4.43. The number of nitrogens with zero attached hydrogens (tertiary/aromatic N) is 2. The molecule has 13 heavy (non-hydrogen) atoms. The standard InChI is InChI=1S/C10H13N3/c1-8(11)7-13-6-4-9-3-2-5-12-10(9)13/h2-6,8H,7,11H2,1H3/t8-/m1/s1. The van der Waals surface area contributed by atoms with Crippen molar-refractivity contribution in [3.8, 4) is 0 Å². The van der Waals surface area contributed by atoms with E-state index < -0.39 is 0 Å². The molecule has 1 atom stereocenters.